The molecule has 0 N–H and O–H groups in total. The van der Waals surface area contributed by atoms with Crippen molar-refractivity contribution in [2.45, 2.75) is 19.8 Å². The quantitative estimate of drug-likeness (QED) is 0.649. The van der Waals surface area contributed by atoms with Crippen molar-refractivity contribution in [2.24, 2.45) is 0 Å². The van der Waals surface area contributed by atoms with Crippen LogP contribution in [0.2, 0.25) is 0 Å². The van der Waals surface area contributed by atoms with E-state index in [0.717, 1.165) is 0 Å². The molecule has 14 heavy (non-hydrogen) atoms. The van der Waals surface area contributed by atoms with E-state index < -0.39 is 0 Å². The Morgan fingerprint density at radius 2 is 1.79 bits per heavy atom. The van der Waals surface area contributed by atoms with Gasteiger partial charge in [-0.15, -0.1) is 0 Å². The SMILES string of the molecule is CC(=C[S+]1CCCC1)c1ccccc1. The van der Waals surface area contributed by atoms with Gasteiger partial charge in [-0.25, -0.2) is 0 Å². The maximum absolute atomic E-state index is 2.49. The molecule has 0 aromatic heterocycles. The third-order valence-electron chi connectivity index (χ3n) is 2.64. The highest BCUT2D eigenvalue weighted by Gasteiger charge is 2.21. The van der Waals surface area contributed by atoms with Crippen LogP contribution in [0.1, 0.15) is 25.3 Å². The molecule has 1 aliphatic heterocycles. The summed E-state index contributed by atoms with van der Waals surface area (Å²) in [7, 11) is 0.580. The van der Waals surface area contributed by atoms with Crippen molar-refractivity contribution in [1.29, 1.82) is 0 Å². The Hall–Kier alpha value is -0.690. The lowest BCUT2D eigenvalue weighted by molar-refractivity contribution is 0.949. The lowest BCUT2D eigenvalue weighted by atomic mass is 10.1. The zero-order valence-corrected chi connectivity index (χ0v) is 9.52. The van der Waals surface area contributed by atoms with Crippen LogP contribution in [-0.2, 0) is 10.9 Å². The van der Waals surface area contributed by atoms with E-state index in [4.69, 9.17) is 0 Å². The van der Waals surface area contributed by atoms with E-state index in [2.05, 4.69) is 42.7 Å². The zero-order valence-electron chi connectivity index (χ0n) is 8.70. The van der Waals surface area contributed by atoms with Crippen molar-refractivity contribution in [3.8, 4) is 0 Å². The Kier molecular flexibility index (Phi) is 3.30. The highest BCUT2D eigenvalue weighted by atomic mass is 32.2. The second kappa shape index (κ2) is 4.70. The molecule has 0 saturated carbocycles. The molecule has 0 amide bonds. The van der Waals surface area contributed by atoms with Crippen molar-refractivity contribution < 1.29 is 0 Å². The molecule has 1 aromatic carbocycles. The predicted molar refractivity (Wildman–Crippen MR) is 66.4 cm³/mol. The molecular weight excluding hydrogens is 188 g/mol. The van der Waals surface area contributed by atoms with Crippen molar-refractivity contribution in [3.05, 3.63) is 41.3 Å². The van der Waals surface area contributed by atoms with E-state index in [1.807, 2.05) is 0 Å². The molecule has 0 radical (unpaired) electrons. The summed E-state index contributed by atoms with van der Waals surface area (Å²) >= 11 is 0. The summed E-state index contributed by atoms with van der Waals surface area (Å²) in [5, 5.41) is 2.49. The molecule has 1 saturated heterocycles. The van der Waals surface area contributed by atoms with Gasteiger partial charge in [0, 0.05) is 16.5 Å². The topological polar surface area (TPSA) is 0 Å². The van der Waals surface area contributed by atoms with Gasteiger partial charge in [-0.2, -0.15) is 0 Å². The first-order valence-electron chi connectivity index (χ1n) is 5.26. The summed E-state index contributed by atoms with van der Waals surface area (Å²) in [6, 6.07) is 10.7. The Labute approximate surface area is 89.4 Å². The van der Waals surface area contributed by atoms with Gasteiger partial charge in [0.1, 0.15) is 16.9 Å². The molecule has 1 heteroatoms. The van der Waals surface area contributed by atoms with Gasteiger partial charge in [0.05, 0.1) is 0 Å². The highest BCUT2D eigenvalue weighted by Crippen LogP contribution is 2.20. The van der Waals surface area contributed by atoms with Crippen molar-refractivity contribution in [3.63, 3.8) is 0 Å². The summed E-state index contributed by atoms with van der Waals surface area (Å²) in [4.78, 5) is 0. The normalized spacial score (nSPS) is 18.8. The summed E-state index contributed by atoms with van der Waals surface area (Å²) in [5.74, 6) is 2.84. The van der Waals surface area contributed by atoms with Crippen LogP contribution in [-0.4, -0.2) is 11.5 Å². The van der Waals surface area contributed by atoms with E-state index in [1.54, 1.807) is 0 Å². The fraction of sp³-hybridized carbons (Fsp3) is 0.385. The van der Waals surface area contributed by atoms with Crippen LogP contribution in [0.5, 0.6) is 0 Å². The van der Waals surface area contributed by atoms with Crippen LogP contribution in [0.4, 0.5) is 0 Å². The first-order valence-corrected chi connectivity index (χ1v) is 6.89. The van der Waals surface area contributed by atoms with Crippen LogP contribution in [0.15, 0.2) is 35.7 Å². The number of hydrogen-bond acceptors (Lipinski definition) is 0. The third kappa shape index (κ3) is 2.42. The lowest BCUT2D eigenvalue weighted by Gasteiger charge is -1.99. The average molecular weight is 205 g/mol. The minimum absolute atomic E-state index is 0.580. The van der Waals surface area contributed by atoms with Crippen LogP contribution in [0, 0.1) is 0 Å². The summed E-state index contributed by atoms with van der Waals surface area (Å²) in [6.07, 6.45) is 2.86. The third-order valence-corrected chi connectivity index (χ3v) is 4.95. The molecule has 1 heterocycles. The Morgan fingerprint density at radius 3 is 2.43 bits per heavy atom. The Balaban J connectivity index is 2.10. The van der Waals surface area contributed by atoms with Gasteiger partial charge < -0.3 is 0 Å². The van der Waals surface area contributed by atoms with E-state index in [1.165, 1.54) is 35.5 Å². The smallest absolute Gasteiger partial charge is 0.0622 e. The minimum Gasteiger partial charge on any atom is -0.0622 e. The molecule has 1 aromatic rings. The first-order chi connectivity index (χ1) is 6.86. The Bertz CT molecular complexity index is 307. The minimum atomic E-state index is 0.580. The zero-order chi connectivity index (χ0) is 9.80. The lowest BCUT2D eigenvalue weighted by Crippen LogP contribution is -1.98. The van der Waals surface area contributed by atoms with Crippen molar-refractivity contribution >= 4 is 16.5 Å². The van der Waals surface area contributed by atoms with Gasteiger partial charge in [0.25, 0.3) is 0 Å². The molecule has 0 aliphatic carbocycles. The van der Waals surface area contributed by atoms with E-state index in [0.29, 0.717) is 10.9 Å². The van der Waals surface area contributed by atoms with Crippen molar-refractivity contribution in [1.82, 2.24) is 0 Å². The molecular formula is C13H17S+. The summed E-state index contributed by atoms with van der Waals surface area (Å²) in [6.45, 7) is 2.24. The van der Waals surface area contributed by atoms with Gasteiger partial charge in [-0.05, 0) is 25.3 Å². The van der Waals surface area contributed by atoms with Gasteiger partial charge in [0.15, 0.2) is 0 Å². The molecule has 1 fully saturated rings. The average Bonchev–Trinajstić information content (AvgIpc) is 2.72. The van der Waals surface area contributed by atoms with Crippen LogP contribution < -0.4 is 0 Å². The van der Waals surface area contributed by atoms with Crippen LogP contribution in [0.3, 0.4) is 0 Å². The molecule has 0 unspecified atom stereocenters. The fourth-order valence-electron chi connectivity index (χ4n) is 1.81. The molecule has 0 atom stereocenters. The van der Waals surface area contributed by atoms with E-state index in [9.17, 15) is 0 Å². The summed E-state index contributed by atoms with van der Waals surface area (Å²) < 4.78 is 0. The van der Waals surface area contributed by atoms with Gasteiger partial charge in [0.2, 0.25) is 0 Å². The molecule has 0 bridgehead atoms. The molecule has 0 spiro atoms. The number of rotatable bonds is 2. The second-order valence-electron chi connectivity index (χ2n) is 3.82. The summed E-state index contributed by atoms with van der Waals surface area (Å²) in [5.41, 5.74) is 2.84. The van der Waals surface area contributed by atoms with Crippen LogP contribution >= 0.6 is 0 Å². The van der Waals surface area contributed by atoms with E-state index in [-0.39, 0.29) is 0 Å². The van der Waals surface area contributed by atoms with Crippen molar-refractivity contribution in [2.75, 3.05) is 11.5 Å². The fourth-order valence-corrected chi connectivity index (χ4v) is 4.04. The van der Waals surface area contributed by atoms with Gasteiger partial charge in [-0.3, -0.25) is 0 Å². The van der Waals surface area contributed by atoms with E-state index >= 15 is 0 Å². The van der Waals surface area contributed by atoms with Crippen LogP contribution in [0.25, 0.3) is 5.57 Å². The number of allylic oxidation sites excluding steroid dienone is 1. The second-order valence-corrected chi connectivity index (χ2v) is 5.95. The van der Waals surface area contributed by atoms with Gasteiger partial charge >= 0.3 is 0 Å². The maximum Gasteiger partial charge on any atom is 0.122 e. The molecule has 0 nitrogen and oxygen atoms in total. The maximum atomic E-state index is 2.49. The molecule has 2 rings (SSSR count). The Morgan fingerprint density at radius 1 is 1.14 bits per heavy atom. The number of benzene rings is 1. The first kappa shape index (κ1) is 9.85. The predicted octanol–water partition coefficient (Wildman–Crippen LogP) is 3.46. The largest absolute Gasteiger partial charge is 0.122 e. The highest BCUT2D eigenvalue weighted by molar-refractivity contribution is 8.00. The number of hydrogen-bond donors (Lipinski definition) is 0. The standard InChI is InChI=1S/C13H17S/c1-12(11-14-9-5-6-10-14)13-7-3-2-4-8-13/h2-4,7-8,11H,5-6,9-10H2,1H3/q+1. The molecule has 1 aliphatic rings. The monoisotopic (exact) mass is 205 g/mol. The molecule has 74 valence electrons. The van der Waals surface area contributed by atoms with Gasteiger partial charge in [-0.1, -0.05) is 30.3 Å².